The summed E-state index contributed by atoms with van der Waals surface area (Å²) in [5, 5.41) is 7.36. The summed E-state index contributed by atoms with van der Waals surface area (Å²) in [4.78, 5) is 23.9. The largest absolute Gasteiger partial charge is 0.340 e. The molecular formula is C17H15Cl2N3O2. The molecule has 124 valence electrons. The summed E-state index contributed by atoms with van der Waals surface area (Å²) in [6.45, 7) is 1.57. The zero-order chi connectivity index (χ0) is 17.5. The van der Waals surface area contributed by atoms with Crippen LogP contribution < -0.4 is 10.7 Å². The molecule has 2 aromatic carbocycles. The Labute approximate surface area is 149 Å². The molecule has 2 N–H and O–H groups in total. The summed E-state index contributed by atoms with van der Waals surface area (Å²) in [5.41, 5.74) is 3.45. The number of rotatable bonds is 5. The minimum absolute atomic E-state index is 0.331. The second-order valence-corrected chi connectivity index (χ2v) is 5.80. The molecule has 5 nitrogen and oxygen atoms in total. The number of benzene rings is 2. The van der Waals surface area contributed by atoms with Gasteiger partial charge in [-0.05, 0) is 31.2 Å². The van der Waals surface area contributed by atoms with Crippen molar-refractivity contribution in [1.82, 2.24) is 10.7 Å². The lowest BCUT2D eigenvalue weighted by molar-refractivity contribution is -0.122. The summed E-state index contributed by atoms with van der Waals surface area (Å²) in [7, 11) is 0. The Balaban J connectivity index is 1.89. The van der Waals surface area contributed by atoms with E-state index in [1.54, 1.807) is 49.4 Å². The van der Waals surface area contributed by atoms with E-state index in [4.69, 9.17) is 23.2 Å². The van der Waals surface area contributed by atoms with E-state index >= 15 is 0 Å². The molecule has 7 heteroatoms. The van der Waals surface area contributed by atoms with Gasteiger partial charge in [-0.15, -0.1) is 0 Å². The summed E-state index contributed by atoms with van der Waals surface area (Å²) in [6.07, 6.45) is 1.41. The molecule has 0 aromatic heterocycles. The van der Waals surface area contributed by atoms with Crippen LogP contribution in [0.3, 0.4) is 0 Å². The average molecular weight is 364 g/mol. The standard InChI is InChI=1S/C17H15Cl2N3O2/c1-11(21-17(24)12-5-3-2-4-6-12)16(23)22-20-10-13-7-8-14(18)9-15(13)19/h2-11H,1H3,(H,21,24)(H,22,23)/b20-10+/t11-/m0/s1. The van der Waals surface area contributed by atoms with Crippen LogP contribution in [0.15, 0.2) is 53.6 Å². The summed E-state index contributed by atoms with van der Waals surface area (Å²) >= 11 is 11.8. The predicted octanol–water partition coefficient (Wildman–Crippen LogP) is 3.26. The van der Waals surface area contributed by atoms with Gasteiger partial charge in [-0.3, -0.25) is 9.59 Å². The van der Waals surface area contributed by atoms with E-state index in [9.17, 15) is 9.59 Å². The first-order chi connectivity index (χ1) is 11.5. The molecule has 2 rings (SSSR count). The van der Waals surface area contributed by atoms with Crippen molar-refractivity contribution in [2.45, 2.75) is 13.0 Å². The van der Waals surface area contributed by atoms with Crippen molar-refractivity contribution in [1.29, 1.82) is 0 Å². The molecule has 0 fully saturated rings. The Morgan fingerprint density at radius 2 is 1.83 bits per heavy atom. The van der Waals surface area contributed by atoms with Crippen molar-refractivity contribution in [3.63, 3.8) is 0 Å². The number of nitrogens with zero attached hydrogens (tertiary/aromatic N) is 1. The van der Waals surface area contributed by atoms with Crippen LogP contribution in [0, 0.1) is 0 Å². The first kappa shape index (κ1) is 18.0. The maximum absolute atomic E-state index is 12.0. The lowest BCUT2D eigenvalue weighted by atomic mass is 10.2. The van der Waals surface area contributed by atoms with Gasteiger partial charge in [0.25, 0.3) is 11.8 Å². The minimum atomic E-state index is -0.740. The highest BCUT2D eigenvalue weighted by Gasteiger charge is 2.15. The Kier molecular flexibility index (Phi) is 6.35. The van der Waals surface area contributed by atoms with Gasteiger partial charge in [0.05, 0.1) is 11.2 Å². The topological polar surface area (TPSA) is 70.6 Å². The molecule has 0 aliphatic carbocycles. The second kappa shape index (κ2) is 8.47. The molecule has 0 unspecified atom stereocenters. The van der Waals surface area contributed by atoms with Crippen LogP contribution in [0.5, 0.6) is 0 Å². The number of hydrogen-bond donors (Lipinski definition) is 2. The number of carbonyl (C=O) groups is 2. The van der Waals surface area contributed by atoms with Crippen LogP contribution in [-0.2, 0) is 4.79 Å². The number of carbonyl (C=O) groups excluding carboxylic acids is 2. The molecular weight excluding hydrogens is 349 g/mol. The number of hydrogen-bond acceptors (Lipinski definition) is 3. The maximum Gasteiger partial charge on any atom is 0.262 e. The van der Waals surface area contributed by atoms with E-state index in [1.165, 1.54) is 6.21 Å². The first-order valence-electron chi connectivity index (χ1n) is 7.11. The van der Waals surface area contributed by atoms with Gasteiger partial charge in [-0.2, -0.15) is 5.10 Å². The molecule has 0 saturated carbocycles. The normalized spacial score (nSPS) is 12.0. The fraction of sp³-hybridized carbons (Fsp3) is 0.118. The van der Waals surface area contributed by atoms with Crippen LogP contribution >= 0.6 is 23.2 Å². The lowest BCUT2D eigenvalue weighted by Crippen LogP contribution is -2.43. The van der Waals surface area contributed by atoms with Gasteiger partial charge in [-0.25, -0.2) is 5.43 Å². The van der Waals surface area contributed by atoms with Gasteiger partial charge in [0.15, 0.2) is 0 Å². The van der Waals surface area contributed by atoms with Crippen LogP contribution in [-0.4, -0.2) is 24.1 Å². The monoisotopic (exact) mass is 363 g/mol. The molecule has 1 atom stereocenters. The van der Waals surface area contributed by atoms with Crippen LogP contribution in [0.4, 0.5) is 0 Å². The molecule has 0 saturated heterocycles. The van der Waals surface area contributed by atoms with E-state index < -0.39 is 11.9 Å². The Morgan fingerprint density at radius 3 is 2.50 bits per heavy atom. The maximum atomic E-state index is 12.0. The minimum Gasteiger partial charge on any atom is -0.340 e. The third kappa shape index (κ3) is 5.08. The first-order valence-corrected chi connectivity index (χ1v) is 7.87. The Bertz CT molecular complexity index is 764. The van der Waals surface area contributed by atoms with Crippen LogP contribution in [0.25, 0.3) is 0 Å². The molecule has 2 aromatic rings. The summed E-state index contributed by atoms with van der Waals surface area (Å²) < 4.78 is 0. The van der Waals surface area contributed by atoms with Gasteiger partial charge in [-0.1, -0.05) is 47.5 Å². The van der Waals surface area contributed by atoms with Crippen molar-refractivity contribution in [2.75, 3.05) is 0 Å². The fourth-order valence-electron chi connectivity index (χ4n) is 1.80. The van der Waals surface area contributed by atoms with Crippen molar-refractivity contribution >= 4 is 41.2 Å². The highest BCUT2D eigenvalue weighted by molar-refractivity contribution is 6.36. The highest BCUT2D eigenvalue weighted by Crippen LogP contribution is 2.19. The van der Waals surface area contributed by atoms with E-state index in [0.29, 0.717) is 21.2 Å². The van der Waals surface area contributed by atoms with Gasteiger partial charge < -0.3 is 5.32 Å². The molecule has 24 heavy (non-hydrogen) atoms. The van der Waals surface area contributed by atoms with Gasteiger partial charge >= 0.3 is 0 Å². The van der Waals surface area contributed by atoms with Crippen molar-refractivity contribution in [3.8, 4) is 0 Å². The Morgan fingerprint density at radius 1 is 1.12 bits per heavy atom. The van der Waals surface area contributed by atoms with Crippen LogP contribution in [0.1, 0.15) is 22.8 Å². The Hall–Kier alpha value is -2.37. The number of hydrazone groups is 1. The second-order valence-electron chi connectivity index (χ2n) is 4.96. The SMILES string of the molecule is C[C@H](NC(=O)c1ccccc1)C(=O)N/N=C/c1ccc(Cl)cc1Cl. The zero-order valence-electron chi connectivity index (χ0n) is 12.8. The molecule has 0 aliphatic heterocycles. The molecule has 2 amide bonds. The lowest BCUT2D eigenvalue weighted by Gasteiger charge is -2.12. The van der Waals surface area contributed by atoms with Crippen molar-refractivity contribution in [3.05, 3.63) is 69.7 Å². The molecule has 0 spiro atoms. The quantitative estimate of drug-likeness (QED) is 0.632. The van der Waals surface area contributed by atoms with Crippen molar-refractivity contribution in [2.24, 2.45) is 5.10 Å². The zero-order valence-corrected chi connectivity index (χ0v) is 14.3. The van der Waals surface area contributed by atoms with E-state index in [0.717, 1.165) is 0 Å². The van der Waals surface area contributed by atoms with Gasteiger partial charge in [0, 0.05) is 16.1 Å². The van der Waals surface area contributed by atoms with E-state index in [2.05, 4.69) is 15.8 Å². The predicted molar refractivity (Wildman–Crippen MR) is 95.6 cm³/mol. The van der Waals surface area contributed by atoms with Crippen molar-refractivity contribution < 1.29 is 9.59 Å². The average Bonchev–Trinajstić information content (AvgIpc) is 2.57. The van der Waals surface area contributed by atoms with Gasteiger partial charge in [0.1, 0.15) is 6.04 Å². The smallest absolute Gasteiger partial charge is 0.262 e. The molecule has 0 aliphatic rings. The number of nitrogens with one attached hydrogen (secondary N) is 2. The number of halogens is 2. The molecule has 0 bridgehead atoms. The third-order valence-corrected chi connectivity index (χ3v) is 3.68. The summed E-state index contributed by atoms with van der Waals surface area (Å²) in [6, 6.07) is 12.8. The fourth-order valence-corrected chi connectivity index (χ4v) is 2.26. The van der Waals surface area contributed by atoms with Gasteiger partial charge in [0.2, 0.25) is 0 Å². The third-order valence-electron chi connectivity index (χ3n) is 3.12. The highest BCUT2D eigenvalue weighted by atomic mass is 35.5. The molecule has 0 radical (unpaired) electrons. The summed E-state index contributed by atoms with van der Waals surface area (Å²) in [5.74, 6) is -0.774. The van der Waals surface area contributed by atoms with Crippen LogP contribution in [0.2, 0.25) is 10.0 Å². The van der Waals surface area contributed by atoms with E-state index in [1.807, 2.05) is 6.07 Å². The number of amides is 2. The molecule has 0 heterocycles. The van der Waals surface area contributed by atoms with E-state index in [-0.39, 0.29) is 5.91 Å².